The summed E-state index contributed by atoms with van der Waals surface area (Å²) in [7, 11) is 0. The molecule has 33 heavy (non-hydrogen) atoms. The molecule has 0 aromatic carbocycles. The van der Waals surface area contributed by atoms with Gasteiger partial charge in [-0.25, -0.2) is 14.4 Å². The predicted octanol–water partition coefficient (Wildman–Crippen LogP) is 2.40. The topological polar surface area (TPSA) is 112 Å². The summed E-state index contributed by atoms with van der Waals surface area (Å²) in [6.45, 7) is 11.1. The van der Waals surface area contributed by atoms with E-state index in [1.54, 1.807) is 26.8 Å². The standard InChI is InChI=1S/C25H32O8/c1-6-13(3)21(27)31-16-10-24(5)17(32-23(29)15(7-2)11-26)8-9-25(12-30-25)20(24)19-18(16)14(4)22(28)33-19/h6-7,16-20,26H,4,8-12H2,1-3,5H3. The van der Waals surface area contributed by atoms with Gasteiger partial charge in [-0.1, -0.05) is 25.7 Å². The van der Waals surface area contributed by atoms with Crippen molar-refractivity contribution in [3.8, 4) is 0 Å². The molecule has 8 heteroatoms. The molecule has 0 amide bonds. The summed E-state index contributed by atoms with van der Waals surface area (Å²) < 4.78 is 23.6. The van der Waals surface area contributed by atoms with Crippen molar-refractivity contribution in [2.45, 2.75) is 70.9 Å². The summed E-state index contributed by atoms with van der Waals surface area (Å²) in [4.78, 5) is 37.9. The summed E-state index contributed by atoms with van der Waals surface area (Å²) in [6.07, 6.45) is 3.01. The minimum Gasteiger partial charge on any atom is -0.458 e. The average molecular weight is 461 g/mol. The van der Waals surface area contributed by atoms with Crippen LogP contribution in [0.5, 0.6) is 0 Å². The third kappa shape index (κ3) is 3.73. The van der Waals surface area contributed by atoms with Crippen LogP contribution >= 0.6 is 0 Å². The second-order valence-electron chi connectivity index (χ2n) is 9.78. The van der Waals surface area contributed by atoms with E-state index in [1.807, 2.05) is 6.92 Å². The van der Waals surface area contributed by atoms with E-state index in [0.29, 0.717) is 37.0 Å². The zero-order chi connectivity index (χ0) is 24.1. The third-order valence-electron chi connectivity index (χ3n) is 8.03. The highest BCUT2D eigenvalue weighted by Gasteiger charge is 2.72. The van der Waals surface area contributed by atoms with Crippen molar-refractivity contribution in [2.24, 2.45) is 17.3 Å². The SMILES string of the molecule is C=C1C(=O)OC2C1C(OC(=O)C(C)=CC)CC1(C)C(OC(=O)C(=CC)CO)CCC3(CO3)C21. The number of aliphatic hydroxyl groups excluding tert-OH is 1. The van der Waals surface area contributed by atoms with Gasteiger partial charge in [0.1, 0.15) is 18.3 Å². The van der Waals surface area contributed by atoms with Crippen molar-refractivity contribution in [2.75, 3.05) is 13.2 Å². The second-order valence-corrected chi connectivity index (χ2v) is 9.78. The fourth-order valence-electron chi connectivity index (χ4n) is 6.03. The largest absolute Gasteiger partial charge is 0.458 e. The number of aliphatic hydroxyl groups is 1. The number of epoxide rings is 1. The van der Waals surface area contributed by atoms with Crippen LogP contribution in [-0.2, 0) is 33.3 Å². The molecule has 1 spiro atoms. The molecule has 7 atom stereocenters. The number of hydrogen-bond acceptors (Lipinski definition) is 8. The van der Waals surface area contributed by atoms with Crippen LogP contribution in [0.4, 0.5) is 0 Å². The number of allylic oxidation sites excluding steroid dienone is 2. The first-order valence-corrected chi connectivity index (χ1v) is 11.5. The molecule has 4 aliphatic rings. The molecule has 0 radical (unpaired) electrons. The lowest BCUT2D eigenvalue weighted by atomic mass is 9.51. The number of carbonyl (C=O) groups is 3. The van der Waals surface area contributed by atoms with Crippen LogP contribution in [-0.4, -0.2) is 60.1 Å². The van der Waals surface area contributed by atoms with Gasteiger partial charge in [0.2, 0.25) is 0 Å². The van der Waals surface area contributed by atoms with Crippen LogP contribution < -0.4 is 0 Å². The van der Waals surface area contributed by atoms with E-state index in [-0.39, 0.29) is 11.5 Å². The van der Waals surface area contributed by atoms with Crippen LogP contribution in [0.25, 0.3) is 0 Å². The lowest BCUT2D eigenvalue weighted by molar-refractivity contribution is -0.208. The highest BCUT2D eigenvalue weighted by molar-refractivity contribution is 5.92. The fraction of sp³-hybridized carbons (Fsp3) is 0.640. The molecule has 4 fully saturated rings. The Hall–Kier alpha value is -2.45. The van der Waals surface area contributed by atoms with Crippen molar-refractivity contribution >= 4 is 17.9 Å². The molecular formula is C25H32O8. The monoisotopic (exact) mass is 460 g/mol. The van der Waals surface area contributed by atoms with E-state index in [4.69, 9.17) is 18.9 Å². The number of esters is 3. The lowest BCUT2D eigenvalue weighted by Gasteiger charge is -2.56. The summed E-state index contributed by atoms with van der Waals surface area (Å²) >= 11 is 0. The van der Waals surface area contributed by atoms with Crippen LogP contribution in [0.3, 0.4) is 0 Å². The van der Waals surface area contributed by atoms with E-state index in [1.165, 1.54) is 6.08 Å². The maximum atomic E-state index is 12.7. The Morgan fingerprint density at radius 1 is 1.24 bits per heavy atom. The maximum absolute atomic E-state index is 12.7. The average Bonchev–Trinajstić information content (AvgIpc) is 3.48. The second kappa shape index (κ2) is 8.40. The van der Waals surface area contributed by atoms with E-state index in [0.717, 1.165) is 0 Å². The van der Waals surface area contributed by atoms with Gasteiger partial charge in [0.15, 0.2) is 0 Å². The summed E-state index contributed by atoms with van der Waals surface area (Å²) in [6, 6.07) is 0. The Bertz CT molecular complexity index is 942. The predicted molar refractivity (Wildman–Crippen MR) is 117 cm³/mol. The maximum Gasteiger partial charge on any atom is 0.336 e. The molecule has 2 saturated heterocycles. The van der Waals surface area contributed by atoms with Crippen LogP contribution in [0, 0.1) is 17.3 Å². The minimum absolute atomic E-state index is 0.180. The molecule has 2 saturated carbocycles. The number of ether oxygens (including phenoxy) is 4. The first kappa shape index (κ1) is 23.7. The summed E-state index contributed by atoms with van der Waals surface area (Å²) in [5.74, 6) is -2.27. The van der Waals surface area contributed by atoms with Crippen LogP contribution in [0.15, 0.2) is 35.5 Å². The van der Waals surface area contributed by atoms with E-state index >= 15 is 0 Å². The normalized spacial score (nSPS) is 40.1. The molecule has 2 heterocycles. The Morgan fingerprint density at radius 3 is 2.52 bits per heavy atom. The van der Waals surface area contributed by atoms with Crippen molar-refractivity contribution in [1.29, 1.82) is 0 Å². The highest BCUT2D eigenvalue weighted by atomic mass is 16.6. The molecule has 1 N–H and O–H groups in total. The zero-order valence-electron chi connectivity index (χ0n) is 19.6. The van der Waals surface area contributed by atoms with Gasteiger partial charge in [-0.2, -0.15) is 0 Å². The molecule has 8 nitrogen and oxygen atoms in total. The summed E-state index contributed by atoms with van der Waals surface area (Å²) in [5, 5.41) is 9.49. The van der Waals surface area contributed by atoms with E-state index < -0.39 is 59.8 Å². The molecule has 0 aromatic rings. The van der Waals surface area contributed by atoms with Gasteiger partial charge >= 0.3 is 17.9 Å². The first-order chi connectivity index (χ1) is 15.6. The van der Waals surface area contributed by atoms with Crippen molar-refractivity contribution in [1.82, 2.24) is 0 Å². The number of carbonyl (C=O) groups excluding carboxylic acids is 3. The van der Waals surface area contributed by atoms with Crippen molar-refractivity contribution < 1.29 is 38.4 Å². The van der Waals surface area contributed by atoms with Crippen LogP contribution in [0.2, 0.25) is 0 Å². The van der Waals surface area contributed by atoms with Gasteiger partial charge in [0, 0.05) is 22.5 Å². The van der Waals surface area contributed by atoms with Crippen molar-refractivity contribution in [3.05, 3.63) is 35.5 Å². The Morgan fingerprint density at radius 2 is 1.94 bits per heavy atom. The highest BCUT2D eigenvalue weighted by Crippen LogP contribution is 2.64. The Balaban J connectivity index is 1.71. The van der Waals surface area contributed by atoms with Gasteiger partial charge in [0.05, 0.1) is 30.3 Å². The number of rotatable bonds is 5. The van der Waals surface area contributed by atoms with Gasteiger partial charge in [0.25, 0.3) is 0 Å². The minimum atomic E-state index is -0.681. The van der Waals surface area contributed by atoms with E-state index in [2.05, 4.69) is 6.58 Å². The smallest absolute Gasteiger partial charge is 0.336 e. The van der Waals surface area contributed by atoms with E-state index in [9.17, 15) is 19.5 Å². The van der Waals surface area contributed by atoms with Gasteiger partial charge < -0.3 is 24.1 Å². The summed E-state index contributed by atoms with van der Waals surface area (Å²) in [5.41, 5.74) is -0.202. The first-order valence-electron chi connectivity index (χ1n) is 11.5. The quantitative estimate of drug-likeness (QED) is 0.288. The fourth-order valence-corrected chi connectivity index (χ4v) is 6.03. The Kier molecular flexibility index (Phi) is 6.03. The molecule has 0 aromatic heterocycles. The molecular weight excluding hydrogens is 428 g/mol. The number of fused-ring (bicyclic) bond motifs is 4. The van der Waals surface area contributed by atoms with Gasteiger partial charge in [-0.15, -0.1) is 0 Å². The molecule has 4 rings (SSSR count). The molecule has 7 unspecified atom stereocenters. The molecule has 0 bridgehead atoms. The third-order valence-corrected chi connectivity index (χ3v) is 8.03. The molecule has 180 valence electrons. The van der Waals surface area contributed by atoms with Crippen molar-refractivity contribution in [3.63, 3.8) is 0 Å². The Labute approximate surface area is 193 Å². The van der Waals surface area contributed by atoms with Gasteiger partial charge in [-0.05, 0) is 40.0 Å². The number of hydrogen-bond donors (Lipinski definition) is 1. The molecule has 2 aliphatic heterocycles. The molecule has 2 aliphatic carbocycles. The van der Waals surface area contributed by atoms with Gasteiger partial charge in [-0.3, -0.25) is 0 Å². The lowest BCUT2D eigenvalue weighted by Crippen LogP contribution is -2.63. The zero-order valence-corrected chi connectivity index (χ0v) is 19.6. The van der Waals surface area contributed by atoms with Crippen LogP contribution in [0.1, 0.15) is 47.0 Å².